The maximum atomic E-state index is 14.0. The summed E-state index contributed by atoms with van der Waals surface area (Å²) in [5.74, 6) is -0.286. The summed E-state index contributed by atoms with van der Waals surface area (Å²) in [6, 6.07) is 10.7. The zero-order chi connectivity index (χ0) is 29.7. The van der Waals surface area contributed by atoms with Gasteiger partial charge in [0.2, 0.25) is 0 Å². The number of hydrogen-bond acceptors (Lipinski definition) is 3. The number of aromatic nitrogens is 4. The van der Waals surface area contributed by atoms with E-state index in [4.69, 9.17) is 4.98 Å². The van der Waals surface area contributed by atoms with Crippen LogP contribution in [0.3, 0.4) is 0 Å². The summed E-state index contributed by atoms with van der Waals surface area (Å²) in [6.45, 7) is 22.6. The van der Waals surface area contributed by atoms with Crippen LogP contribution < -0.4 is 5.32 Å². The van der Waals surface area contributed by atoms with Crippen molar-refractivity contribution in [3.8, 4) is 11.4 Å². The molecule has 0 saturated carbocycles. The molecule has 4 rings (SSSR count). The van der Waals surface area contributed by atoms with Gasteiger partial charge in [-0.25, -0.2) is 4.39 Å². The van der Waals surface area contributed by atoms with E-state index >= 15 is 0 Å². The predicted molar refractivity (Wildman–Crippen MR) is 170 cm³/mol. The Morgan fingerprint density at radius 2 is 1.93 bits per heavy atom. The van der Waals surface area contributed by atoms with E-state index in [1.54, 1.807) is 24.4 Å². The van der Waals surface area contributed by atoms with Crippen molar-refractivity contribution in [2.45, 2.75) is 41.0 Å². The van der Waals surface area contributed by atoms with Crippen LogP contribution in [0, 0.1) is 18.2 Å². The van der Waals surface area contributed by atoms with Gasteiger partial charge in [0, 0.05) is 28.0 Å². The van der Waals surface area contributed by atoms with E-state index < -0.39 is 0 Å². The Hall–Kier alpha value is -4.71. The lowest BCUT2D eigenvalue weighted by Crippen LogP contribution is -2.16. The molecule has 0 atom stereocenters. The Morgan fingerprint density at radius 3 is 2.59 bits per heavy atom. The number of rotatable bonds is 10. The highest BCUT2D eigenvalue weighted by molar-refractivity contribution is 5.95. The number of nitrogens with zero attached hydrogens (tertiary/aromatic N) is 2. The number of pyridine rings is 1. The Kier molecular flexibility index (Phi) is 8.72. The van der Waals surface area contributed by atoms with Crippen molar-refractivity contribution in [3.05, 3.63) is 132 Å². The summed E-state index contributed by atoms with van der Waals surface area (Å²) in [6.07, 6.45) is 12.1. The first-order valence-corrected chi connectivity index (χ1v) is 13.6. The average Bonchev–Trinajstić information content (AvgIpc) is 3.51. The van der Waals surface area contributed by atoms with Crippen molar-refractivity contribution in [3.63, 3.8) is 0 Å². The van der Waals surface area contributed by atoms with Gasteiger partial charge >= 0.3 is 0 Å². The first-order chi connectivity index (χ1) is 19.5. The van der Waals surface area contributed by atoms with E-state index in [9.17, 15) is 4.39 Å². The molecule has 0 spiro atoms. The van der Waals surface area contributed by atoms with E-state index in [0.29, 0.717) is 0 Å². The maximum Gasteiger partial charge on any atom is 0.123 e. The van der Waals surface area contributed by atoms with Gasteiger partial charge in [0.1, 0.15) is 11.5 Å². The first-order valence-electron chi connectivity index (χ1n) is 13.6. The number of benzene rings is 1. The normalized spacial score (nSPS) is 13.0. The third-order valence-corrected chi connectivity index (χ3v) is 6.63. The number of hydrogen-bond donors (Lipinski definition) is 3. The maximum absolute atomic E-state index is 14.0. The van der Waals surface area contributed by atoms with Crippen LogP contribution in [0.1, 0.15) is 56.6 Å². The quantitative estimate of drug-likeness (QED) is 0.174. The molecular formula is C35H38FN5. The standard InChI is InChI=1S/C35H38FN5/c1-9-13-28(25-14-12-15-26(36)16-25)29-18-32(39-23(29)5)34-30-19-31(37-21-33(30)40-41-34)24(10-2)17-27(11-3)38-22(4)20-35(6,7)8/h9-19,21,38-39H,1,3-4,20H2,2,5-8H3,(H,40,41)/b24-10+,27-17+,28-13-. The van der Waals surface area contributed by atoms with Gasteiger partial charge in [0.15, 0.2) is 0 Å². The molecule has 0 radical (unpaired) electrons. The molecule has 0 fully saturated rings. The summed E-state index contributed by atoms with van der Waals surface area (Å²) < 4.78 is 14.0. The van der Waals surface area contributed by atoms with E-state index in [-0.39, 0.29) is 11.2 Å². The van der Waals surface area contributed by atoms with Gasteiger partial charge in [0.25, 0.3) is 0 Å². The summed E-state index contributed by atoms with van der Waals surface area (Å²) >= 11 is 0. The molecule has 0 aliphatic heterocycles. The highest BCUT2D eigenvalue weighted by Gasteiger charge is 2.17. The molecule has 0 aliphatic carbocycles. The van der Waals surface area contributed by atoms with Crippen LogP contribution >= 0.6 is 0 Å². The van der Waals surface area contributed by atoms with Gasteiger partial charge in [-0.1, -0.05) is 70.9 Å². The number of halogens is 1. The predicted octanol–water partition coefficient (Wildman–Crippen LogP) is 9.03. The number of nitrogens with one attached hydrogen (secondary N) is 3. The zero-order valence-corrected chi connectivity index (χ0v) is 24.5. The molecule has 0 unspecified atom stereocenters. The number of allylic oxidation sites excluding steroid dienone is 7. The van der Waals surface area contributed by atoms with E-state index in [2.05, 4.69) is 61.0 Å². The second kappa shape index (κ2) is 12.2. The number of aryl methyl sites for hydroxylation is 1. The van der Waals surface area contributed by atoms with E-state index in [0.717, 1.165) is 73.8 Å². The lowest BCUT2D eigenvalue weighted by atomic mass is 9.91. The van der Waals surface area contributed by atoms with Gasteiger partial charge in [-0.05, 0) is 78.8 Å². The molecule has 0 bridgehead atoms. The molecule has 3 heterocycles. The fourth-order valence-electron chi connectivity index (χ4n) is 4.87. The first kappa shape index (κ1) is 29.3. The molecule has 4 aromatic rings. The minimum atomic E-state index is -0.286. The Morgan fingerprint density at radius 1 is 1.15 bits per heavy atom. The van der Waals surface area contributed by atoms with Gasteiger partial charge in [0.05, 0.1) is 23.1 Å². The van der Waals surface area contributed by atoms with Gasteiger partial charge in [-0.2, -0.15) is 5.10 Å². The lowest BCUT2D eigenvalue weighted by molar-refractivity contribution is 0.403. The number of H-pyrrole nitrogens is 2. The van der Waals surface area contributed by atoms with Crippen LogP contribution in [0.4, 0.5) is 4.39 Å². The van der Waals surface area contributed by atoms with Crippen molar-refractivity contribution >= 4 is 22.0 Å². The zero-order valence-electron chi connectivity index (χ0n) is 24.5. The van der Waals surface area contributed by atoms with Crippen LogP contribution in [0.25, 0.3) is 33.4 Å². The summed E-state index contributed by atoms with van der Waals surface area (Å²) in [5.41, 5.74) is 9.64. The van der Waals surface area contributed by atoms with Gasteiger partial charge in [-0.15, -0.1) is 0 Å². The number of fused-ring (bicyclic) bond motifs is 1. The fourth-order valence-corrected chi connectivity index (χ4v) is 4.87. The molecule has 3 N–H and O–H groups in total. The molecule has 41 heavy (non-hydrogen) atoms. The molecule has 6 heteroatoms. The van der Waals surface area contributed by atoms with Crippen molar-refractivity contribution in [1.82, 2.24) is 25.5 Å². The molecule has 5 nitrogen and oxygen atoms in total. The summed E-state index contributed by atoms with van der Waals surface area (Å²) in [7, 11) is 0. The van der Waals surface area contributed by atoms with E-state index in [1.165, 1.54) is 12.1 Å². The molecule has 0 aliphatic rings. The Balaban J connectivity index is 1.71. The van der Waals surface area contributed by atoms with E-state index in [1.807, 2.05) is 50.3 Å². The summed E-state index contributed by atoms with van der Waals surface area (Å²) in [5, 5.41) is 12.0. The SMILES string of the molecule is C=C/C=C(/c1cccc(F)c1)c1cc(-c2n[nH]c3cnc(C(/C=C(\C=C)NC(=C)CC(C)(C)C)=C/C)cc23)[nH]c1C. The largest absolute Gasteiger partial charge is 0.359 e. The topological polar surface area (TPSA) is 69.4 Å². The Labute approximate surface area is 242 Å². The third kappa shape index (κ3) is 6.90. The monoisotopic (exact) mass is 547 g/mol. The van der Waals surface area contributed by atoms with Crippen LogP contribution in [0.15, 0.2) is 104 Å². The second-order valence-electron chi connectivity index (χ2n) is 11.2. The molecule has 0 amide bonds. The Bertz CT molecular complexity index is 1700. The van der Waals surface area contributed by atoms with Crippen LogP contribution in [-0.2, 0) is 0 Å². The van der Waals surface area contributed by atoms with Crippen LogP contribution in [0.5, 0.6) is 0 Å². The average molecular weight is 548 g/mol. The fraction of sp³-hybridized carbons (Fsp3) is 0.200. The van der Waals surface area contributed by atoms with Crippen LogP contribution in [0.2, 0.25) is 0 Å². The van der Waals surface area contributed by atoms with Gasteiger partial charge < -0.3 is 10.3 Å². The molecular weight excluding hydrogens is 509 g/mol. The molecule has 3 aromatic heterocycles. The second-order valence-corrected chi connectivity index (χ2v) is 11.2. The minimum Gasteiger partial charge on any atom is -0.359 e. The molecule has 1 aromatic carbocycles. The van der Waals surface area contributed by atoms with Crippen molar-refractivity contribution < 1.29 is 4.39 Å². The van der Waals surface area contributed by atoms with Crippen molar-refractivity contribution in [2.75, 3.05) is 0 Å². The van der Waals surface area contributed by atoms with Crippen molar-refractivity contribution in [1.29, 1.82) is 0 Å². The highest BCUT2D eigenvalue weighted by Crippen LogP contribution is 2.34. The molecule has 210 valence electrons. The smallest absolute Gasteiger partial charge is 0.123 e. The van der Waals surface area contributed by atoms with Crippen molar-refractivity contribution in [2.24, 2.45) is 5.41 Å². The minimum absolute atomic E-state index is 0.125. The number of aromatic amines is 2. The molecule has 0 saturated heterocycles. The van der Waals surface area contributed by atoms with Crippen LogP contribution in [-0.4, -0.2) is 20.2 Å². The highest BCUT2D eigenvalue weighted by atomic mass is 19.1. The third-order valence-electron chi connectivity index (χ3n) is 6.63. The lowest BCUT2D eigenvalue weighted by Gasteiger charge is -2.21. The van der Waals surface area contributed by atoms with Gasteiger partial charge in [-0.3, -0.25) is 10.1 Å². The summed E-state index contributed by atoms with van der Waals surface area (Å²) in [4.78, 5) is 8.17.